The Labute approximate surface area is 79.3 Å². The van der Waals surface area contributed by atoms with E-state index in [2.05, 4.69) is 4.98 Å². The molecule has 1 aliphatic rings. The van der Waals surface area contributed by atoms with Crippen LogP contribution in [0.5, 0.6) is 0 Å². The van der Waals surface area contributed by atoms with Crippen LogP contribution < -0.4 is 0 Å². The van der Waals surface area contributed by atoms with Crippen LogP contribution in [0.25, 0.3) is 0 Å². The van der Waals surface area contributed by atoms with E-state index in [4.69, 9.17) is 9.52 Å². The fraction of sp³-hybridized carbons (Fsp3) is 0.500. The van der Waals surface area contributed by atoms with Crippen molar-refractivity contribution in [2.24, 2.45) is 0 Å². The summed E-state index contributed by atoms with van der Waals surface area (Å²) in [7, 11) is 0. The Morgan fingerprint density at radius 3 is 3.15 bits per heavy atom. The van der Waals surface area contributed by atoms with Crippen LogP contribution in [0.3, 0.4) is 0 Å². The van der Waals surface area contributed by atoms with Crippen molar-refractivity contribution >= 4 is 17.7 Å². The molecule has 1 aromatic rings. The van der Waals surface area contributed by atoms with Crippen molar-refractivity contribution in [1.82, 2.24) is 4.98 Å². The average molecular weight is 199 g/mol. The molecule has 4 nitrogen and oxygen atoms in total. The van der Waals surface area contributed by atoms with Crippen molar-refractivity contribution in [3.63, 3.8) is 0 Å². The summed E-state index contributed by atoms with van der Waals surface area (Å²) in [5, 5.41) is 8.61. The zero-order chi connectivity index (χ0) is 9.26. The van der Waals surface area contributed by atoms with E-state index in [9.17, 15) is 4.79 Å². The van der Waals surface area contributed by atoms with Gasteiger partial charge in [0.25, 0.3) is 0 Å². The number of hydrogen-bond acceptors (Lipinski definition) is 4. The number of carboxylic acid groups (broad SMARTS) is 1. The van der Waals surface area contributed by atoms with Gasteiger partial charge in [0.15, 0.2) is 11.6 Å². The first-order valence-electron chi connectivity index (χ1n) is 4.04. The molecule has 0 saturated carbocycles. The Morgan fingerprint density at radius 2 is 2.62 bits per heavy atom. The van der Waals surface area contributed by atoms with Gasteiger partial charge in [0.2, 0.25) is 0 Å². The third-order valence-corrected chi connectivity index (χ3v) is 3.18. The third-order valence-electron chi connectivity index (χ3n) is 2.02. The van der Waals surface area contributed by atoms with Crippen LogP contribution in [0, 0.1) is 0 Å². The Balaban J connectivity index is 2.16. The smallest absolute Gasteiger partial charge is 0.357 e. The van der Waals surface area contributed by atoms with Crippen molar-refractivity contribution < 1.29 is 14.3 Å². The molecule has 1 unspecified atom stereocenters. The highest BCUT2D eigenvalue weighted by molar-refractivity contribution is 7.99. The number of oxazole rings is 1. The zero-order valence-electron chi connectivity index (χ0n) is 6.90. The van der Waals surface area contributed by atoms with Crippen molar-refractivity contribution in [2.45, 2.75) is 12.3 Å². The van der Waals surface area contributed by atoms with Gasteiger partial charge in [-0.05, 0) is 12.2 Å². The minimum absolute atomic E-state index is 0.00639. The van der Waals surface area contributed by atoms with Crippen LogP contribution in [0.15, 0.2) is 10.7 Å². The van der Waals surface area contributed by atoms with Gasteiger partial charge >= 0.3 is 5.97 Å². The minimum atomic E-state index is -1.03. The van der Waals surface area contributed by atoms with E-state index in [1.165, 1.54) is 6.26 Å². The van der Waals surface area contributed by atoms with E-state index in [0.29, 0.717) is 11.8 Å². The van der Waals surface area contributed by atoms with Gasteiger partial charge in [-0.3, -0.25) is 0 Å². The van der Waals surface area contributed by atoms with Crippen LogP contribution in [0.1, 0.15) is 28.7 Å². The fourth-order valence-electron chi connectivity index (χ4n) is 1.30. The molecule has 0 aromatic carbocycles. The molecular weight excluding hydrogens is 190 g/mol. The van der Waals surface area contributed by atoms with E-state index in [0.717, 1.165) is 17.9 Å². The predicted molar refractivity (Wildman–Crippen MR) is 48.1 cm³/mol. The third kappa shape index (κ3) is 1.70. The first-order chi connectivity index (χ1) is 6.27. The second-order valence-corrected chi connectivity index (χ2v) is 4.09. The van der Waals surface area contributed by atoms with E-state index < -0.39 is 5.97 Å². The summed E-state index contributed by atoms with van der Waals surface area (Å²) in [6.45, 7) is 0. The van der Waals surface area contributed by atoms with Crippen LogP contribution in [-0.4, -0.2) is 27.6 Å². The number of aromatic nitrogens is 1. The van der Waals surface area contributed by atoms with E-state index in [1.807, 2.05) is 11.8 Å². The van der Waals surface area contributed by atoms with Gasteiger partial charge in [-0.2, -0.15) is 11.8 Å². The summed E-state index contributed by atoms with van der Waals surface area (Å²) in [5.74, 6) is 1.94. The quantitative estimate of drug-likeness (QED) is 0.783. The summed E-state index contributed by atoms with van der Waals surface area (Å²) in [5.41, 5.74) is 0.00639. The number of aromatic carboxylic acids is 1. The largest absolute Gasteiger partial charge is 0.476 e. The van der Waals surface area contributed by atoms with E-state index >= 15 is 0 Å². The van der Waals surface area contributed by atoms with E-state index in [-0.39, 0.29) is 5.69 Å². The van der Waals surface area contributed by atoms with Gasteiger partial charge in [-0.1, -0.05) is 0 Å². The highest BCUT2D eigenvalue weighted by Gasteiger charge is 2.23. The van der Waals surface area contributed by atoms with Crippen molar-refractivity contribution in [1.29, 1.82) is 0 Å². The molecule has 0 aliphatic carbocycles. The number of nitrogens with zero attached hydrogens (tertiary/aromatic N) is 1. The molecule has 2 heterocycles. The summed E-state index contributed by atoms with van der Waals surface area (Å²) >= 11 is 1.85. The lowest BCUT2D eigenvalue weighted by atomic mass is 10.1. The summed E-state index contributed by atoms with van der Waals surface area (Å²) < 4.78 is 5.10. The second kappa shape index (κ2) is 3.41. The zero-order valence-corrected chi connectivity index (χ0v) is 7.71. The van der Waals surface area contributed by atoms with Gasteiger partial charge < -0.3 is 9.52 Å². The monoisotopic (exact) mass is 199 g/mol. The first kappa shape index (κ1) is 8.62. The molecule has 1 aliphatic heterocycles. The Hall–Kier alpha value is -0.970. The van der Waals surface area contributed by atoms with Crippen LogP contribution in [-0.2, 0) is 0 Å². The Bertz CT molecular complexity index is 317. The number of hydrogen-bond donors (Lipinski definition) is 1. The van der Waals surface area contributed by atoms with Crippen molar-refractivity contribution in [3.05, 3.63) is 17.8 Å². The molecule has 0 bridgehead atoms. The molecule has 0 amide bonds. The number of carbonyl (C=O) groups is 1. The number of thioether (sulfide) groups is 1. The predicted octanol–water partition coefficient (Wildman–Crippen LogP) is 1.59. The Kier molecular flexibility index (Phi) is 2.26. The summed E-state index contributed by atoms with van der Waals surface area (Å²) in [4.78, 5) is 14.4. The lowest BCUT2D eigenvalue weighted by molar-refractivity contribution is 0.0690. The average Bonchev–Trinajstić information content (AvgIpc) is 2.75. The molecule has 2 rings (SSSR count). The maximum atomic E-state index is 10.5. The van der Waals surface area contributed by atoms with E-state index in [1.54, 1.807) is 0 Å². The standard InChI is InChI=1S/C8H9NO3S/c10-8(11)6-3-12-7(9-6)5-1-2-13-4-5/h3,5H,1-2,4H2,(H,10,11). The molecule has 1 atom stereocenters. The highest BCUT2D eigenvalue weighted by atomic mass is 32.2. The molecule has 5 heteroatoms. The normalized spacial score (nSPS) is 22.0. The SMILES string of the molecule is O=C(O)c1coc(C2CCSC2)n1. The number of rotatable bonds is 2. The van der Waals surface area contributed by atoms with Gasteiger partial charge in [0.1, 0.15) is 6.26 Å². The molecular formula is C8H9NO3S. The topological polar surface area (TPSA) is 63.3 Å². The lowest BCUT2D eigenvalue weighted by Gasteiger charge is -1.99. The molecule has 1 saturated heterocycles. The number of carboxylic acids is 1. The molecule has 13 heavy (non-hydrogen) atoms. The molecule has 1 aromatic heterocycles. The van der Waals surface area contributed by atoms with Gasteiger partial charge in [-0.15, -0.1) is 0 Å². The molecule has 1 N–H and O–H groups in total. The molecule has 1 fully saturated rings. The highest BCUT2D eigenvalue weighted by Crippen LogP contribution is 2.31. The van der Waals surface area contributed by atoms with Gasteiger partial charge in [0.05, 0.1) is 0 Å². The van der Waals surface area contributed by atoms with Crippen molar-refractivity contribution in [2.75, 3.05) is 11.5 Å². The summed E-state index contributed by atoms with van der Waals surface area (Å²) in [6.07, 6.45) is 2.24. The first-order valence-corrected chi connectivity index (χ1v) is 5.19. The molecule has 0 radical (unpaired) electrons. The van der Waals surface area contributed by atoms with Gasteiger partial charge in [0, 0.05) is 11.7 Å². The Morgan fingerprint density at radius 1 is 1.77 bits per heavy atom. The van der Waals surface area contributed by atoms with Crippen LogP contribution in [0.2, 0.25) is 0 Å². The summed E-state index contributed by atoms with van der Waals surface area (Å²) in [6, 6.07) is 0. The lowest BCUT2D eigenvalue weighted by Crippen LogP contribution is -2.00. The maximum absolute atomic E-state index is 10.5. The minimum Gasteiger partial charge on any atom is -0.476 e. The maximum Gasteiger partial charge on any atom is 0.357 e. The van der Waals surface area contributed by atoms with Crippen molar-refractivity contribution in [3.8, 4) is 0 Å². The van der Waals surface area contributed by atoms with Gasteiger partial charge in [-0.25, -0.2) is 9.78 Å². The molecule has 0 spiro atoms. The van der Waals surface area contributed by atoms with Crippen LogP contribution in [0.4, 0.5) is 0 Å². The molecule has 70 valence electrons. The fourth-order valence-corrected chi connectivity index (χ4v) is 2.51. The second-order valence-electron chi connectivity index (χ2n) is 2.94. The van der Waals surface area contributed by atoms with Crippen LogP contribution >= 0.6 is 11.8 Å².